The van der Waals surface area contributed by atoms with E-state index in [1.807, 2.05) is 30.7 Å². The zero-order valence-corrected chi connectivity index (χ0v) is 18.6. The quantitative estimate of drug-likeness (QED) is 0.448. The molecule has 9 nitrogen and oxygen atoms in total. The number of H-pyrrole nitrogens is 1. The molecule has 0 aromatic carbocycles. The third kappa shape index (κ3) is 3.91. The Kier molecular flexibility index (Phi) is 5.26. The van der Waals surface area contributed by atoms with Crippen molar-refractivity contribution >= 4 is 28.4 Å². The summed E-state index contributed by atoms with van der Waals surface area (Å²) in [7, 11) is 2.11. The number of aromatic nitrogens is 5. The molecule has 4 aromatic rings. The Labute approximate surface area is 186 Å². The second-order valence-electron chi connectivity index (χ2n) is 8.81. The van der Waals surface area contributed by atoms with Gasteiger partial charge in [0.05, 0.1) is 17.3 Å². The number of hydrogen-bond donors (Lipinski definition) is 3. The highest BCUT2D eigenvalue weighted by molar-refractivity contribution is 6.02. The summed E-state index contributed by atoms with van der Waals surface area (Å²) in [5.41, 5.74) is 4.10. The van der Waals surface area contributed by atoms with Crippen LogP contribution >= 0.6 is 0 Å². The number of amides is 1. The van der Waals surface area contributed by atoms with Gasteiger partial charge in [-0.15, -0.1) is 0 Å². The van der Waals surface area contributed by atoms with Gasteiger partial charge >= 0.3 is 0 Å². The molecule has 5 heterocycles. The molecule has 3 N–H and O–H groups in total. The molecular weight excluding hydrogens is 404 g/mol. The molecule has 1 aliphatic rings. The van der Waals surface area contributed by atoms with E-state index in [0.717, 1.165) is 53.6 Å². The molecule has 0 saturated carbocycles. The Balaban J connectivity index is 1.44. The summed E-state index contributed by atoms with van der Waals surface area (Å²) in [5.74, 6) is 0.526. The van der Waals surface area contributed by atoms with E-state index in [2.05, 4.69) is 56.5 Å². The first-order valence-corrected chi connectivity index (χ1v) is 11.1. The van der Waals surface area contributed by atoms with E-state index in [1.165, 1.54) is 0 Å². The van der Waals surface area contributed by atoms with E-state index < -0.39 is 0 Å². The van der Waals surface area contributed by atoms with Crippen LogP contribution in [0, 0.1) is 0 Å². The van der Waals surface area contributed by atoms with E-state index in [9.17, 15) is 4.79 Å². The van der Waals surface area contributed by atoms with Crippen molar-refractivity contribution < 1.29 is 4.79 Å². The van der Waals surface area contributed by atoms with E-state index >= 15 is 0 Å². The predicted molar refractivity (Wildman–Crippen MR) is 125 cm³/mol. The molecule has 1 fully saturated rings. The molecule has 1 aliphatic heterocycles. The normalized spacial score (nSPS) is 15.6. The molecule has 0 atom stereocenters. The third-order valence-corrected chi connectivity index (χ3v) is 5.98. The zero-order valence-electron chi connectivity index (χ0n) is 18.6. The van der Waals surface area contributed by atoms with Gasteiger partial charge in [0.15, 0.2) is 0 Å². The lowest BCUT2D eigenvalue weighted by Gasteiger charge is -2.29. The smallest absolute Gasteiger partial charge is 0.255 e. The number of nitrogens with zero attached hydrogens (tertiary/aromatic N) is 5. The van der Waals surface area contributed by atoms with Crippen molar-refractivity contribution in [1.29, 1.82) is 0 Å². The molecule has 0 unspecified atom stereocenters. The lowest BCUT2D eigenvalue weighted by atomic mass is 10.0. The van der Waals surface area contributed by atoms with E-state index in [-0.39, 0.29) is 18.0 Å². The van der Waals surface area contributed by atoms with Crippen molar-refractivity contribution in [1.82, 2.24) is 34.8 Å². The van der Waals surface area contributed by atoms with Crippen LogP contribution in [0.5, 0.6) is 0 Å². The Hall–Kier alpha value is -3.46. The standard InChI is InChI=1S/C23H28N8O/c1-14(2)27-23-25-12-18-17(11-24-21(18)29-23)15-4-9-31-20(10-15)19(13-26-31)22(32)28-16-5-7-30(3)8-6-16/h4,9-14,16H,5-8H2,1-3H3,(H,28,32)(H2,24,25,27,29). The summed E-state index contributed by atoms with van der Waals surface area (Å²) >= 11 is 0. The van der Waals surface area contributed by atoms with Gasteiger partial charge in [-0.3, -0.25) is 4.79 Å². The fourth-order valence-electron chi connectivity index (χ4n) is 4.21. The molecule has 0 aliphatic carbocycles. The van der Waals surface area contributed by atoms with Crippen LogP contribution in [0.2, 0.25) is 0 Å². The maximum atomic E-state index is 13.0. The van der Waals surface area contributed by atoms with Gasteiger partial charge in [0.2, 0.25) is 5.95 Å². The van der Waals surface area contributed by atoms with Crippen LogP contribution in [0.4, 0.5) is 5.95 Å². The number of pyridine rings is 1. The van der Waals surface area contributed by atoms with Crippen LogP contribution in [0.15, 0.2) is 36.9 Å². The summed E-state index contributed by atoms with van der Waals surface area (Å²) < 4.78 is 1.74. The summed E-state index contributed by atoms with van der Waals surface area (Å²) in [6.07, 6.45) is 9.22. The summed E-state index contributed by atoms with van der Waals surface area (Å²) in [4.78, 5) is 27.5. The van der Waals surface area contributed by atoms with Crippen LogP contribution in [0.25, 0.3) is 27.7 Å². The van der Waals surface area contributed by atoms with Gasteiger partial charge in [-0.2, -0.15) is 10.1 Å². The second kappa shape index (κ2) is 8.23. The largest absolute Gasteiger partial charge is 0.352 e. The average Bonchev–Trinajstić information content (AvgIpc) is 3.38. The molecule has 1 amide bonds. The van der Waals surface area contributed by atoms with Gasteiger partial charge in [-0.25, -0.2) is 9.50 Å². The molecule has 9 heteroatoms. The van der Waals surface area contributed by atoms with Gasteiger partial charge in [0, 0.05) is 41.6 Å². The van der Waals surface area contributed by atoms with E-state index in [0.29, 0.717) is 11.5 Å². The van der Waals surface area contributed by atoms with Crippen molar-refractivity contribution in [2.75, 3.05) is 25.5 Å². The highest BCUT2D eigenvalue weighted by atomic mass is 16.1. The summed E-state index contributed by atoms with van der Waals surface area (Å²) in [6.45, 7) is 6.10. The number of carbonyl (C=O) groups excluding carboxylic acids is 1. The first-order valence-electron chi connectivity index (χ1n) is 11.1. The van der Waals surface area contributed by atoms with Crippen molar-refractivity contribution in [2.24, 2.45) is 0 Å². The lowest BCUT2D eigenvalue weighted by molar-refractivity contribution is 0.0918. The van der Waals surface area contributed by atoms with Crippen molar-refractivity contribution in [3.63, 3.8) is 0 Å². The topological polar surface area (TPSA) is 103 Å². The third-order valence-electron chi connectivity index (χ3n) is 5.98. The van der Waals surface area contributed by atoms with Gasteiger partial charge in [0.25, 0.3) is 5.91 Å². The van der Waals surface area contributed by atoms with Gasteiger partial charge in [-0.1, -0.05) is 0 Å². The number of aromatic amines is 1. The minimum atomic E-state index is -0.0710. The number of rotatable bonds is 5. The number of nitrogens with one attached hydrogen (secondary N) is 3. The summed E-state index contributed by atoms with van der Waals surface area (Å²) in [5, 5.41) is 11.7. The average molecular weight is 433 g/mol. The molecule has 166 valence electrons. The maximum Gasteiger partial charge on any atom is 0.255 e. The first kappa shape index (κ1) is 20.4. The van der Waals surface area contributed by atoms with Gasteiger partial charge in [-0.05, 0) is 64.5 Å². The molecule has 32 heavy (non-hydrogen) atoms. The van der Waals surface area contributed by atoms with Crippen molar-refractivity contribution in [2.45, 2.75) is 38.8 Å². The number of likely N-dealkylation sites (tertiary alicyclic amines) is 1. The van der Waals surface area contributed by atoms with Crippen LogP contribution in [-0.4, -0.2) is 67.6 Å². The Morgan fingerprint density at radius 1 is 1.25 bits per heavy atom. The van der Waals surface area contributed by atoms with Crippen molar-refractivity contribution in [3.05, 3.63) is 42.5 Å². The van der Waals surface area contributed by atoms with Crippen LogP contribution in [0.1, 0.15) is 37.0 Å². The Morgan fingerprint density at radius 2 is 2.06 bits per heavy atom. The molecule has 0 spiro atoms. The number of anilines is 1. The minimum Gasteiger partial charge on any atom is -0.352 e. The SMILES string of the molecule is CC(C)Nc1ncc2c(-c3ccn4ncc(C(=O)NC5CCN(C)CC5)c4c3)c[nH]c2n1. The molecule has 4 aromatic heterocycles. The monoisotopic (exact) mass is 432 g/mol. The first-order chi connectivity index (χ1) is 15.5. The number of hydrogen-bond acceptors (Lipinski definition) is 6. The molecule has 5 rings (SSSR count). The maximum absolute atomic E-state index is 13.0. The predicted octanol–water partition coefficient (Wildman–Crippen LogP) is 2.92. The number of piperidine rings is 1. The van der Waals surface area contributed by atoms with Crippen LogP contribution < -0.4 is 10.6 Å². The van der Waals surface area contributed by atoms with Crippen molar-refractivity contribution in [3.8, 4) is 11.1 Å². The second-order valence-corrected chi connectivity index (χ2v) is 8.81. The Morgan fingerprint density at radius 3 is 2.84 bits per heavy atom. The van der Waals surface area contributed by atoms with Gasteiger partial charge < -0.3 is 20.5 Å². The van der Waals surface area contributed by atoms with E-state index in [4.69, 9.17) is 0 Å². The number of carbonyl (C=O) groups is 1. The zero-order chi connectivity index (χ0) is 22.2. The fourth-order valence-corrected chi connectivity index (χ4v) is 4.21. The van der Waals surface area contributed by atoms with Crippen LogP contribution in [-0.2, 0) is 0 Å². The fraction of sp³-hybridized carbons (Fsp3) is 0.391. The van der Waals surface area contributed by atoms with Crippen LogP contribution in [0.3, 0.4) is 0 Å². The lowest BCUT2D eigenvalue weighted by Crippen LogP contribution is -2.43. The molecule has 0 radical (unpaired) electrons. The number of fused-ring (bicyclic) bond motifs is 2. The highest BCUT2D eigenvalue weighted by Crippen LogP contribution is 2.29. The molecule has 0 bridgehead atoms. The molecular formula is C23H28N8O. The van der Waals surface area contributed by atoms with E-state index in [1.54, 1.807) is 10.7 Å². The molecule has 1 saturated heterocycles. The Bertz CT molecular complexity index is 1270. The van der Waals surface area contributed by atoms with Gasteiger partial charge in [0.1, 0.15) is 5.65 Å². The minimum absolute atomic E-state index is 0.0710. The highest BCUT2D eigenvalue weighted by Gasteiger charge is 2.21. The summed E-state index contributed by atoms with van der Waals surface area (Å²) in [6, 6.07) is 4.45.